The zero-order chi connectivity index (χ0) is 14.0. The van der Waals surface area contributed by atoms with Gasteiger partial charge in [-0.2, -0.15) is 0 Å². The van der Waals surface area contributed by atoms with Gasteiger partial charge in [-0.15, -0.1) is 0 Å². The van der Waals surface area contributed by atoms with Crippen LogP contribution >= 0.6 is 0 Å². The van der Waals surface area contributed by atoms with Gasteiger partial charge in [-0.1, -0.05) is 19.3 Å². The first kappa shape index (κ1) is 14.1. The molecule has 19 heavy (non-hydrogen) atoms. The molecule has 0 spiro atoms. The lowest BCUT2D eigenvalue weighted by Gasteiger charge is -2.41. The van der Waals surface area contributed by atoms with E-state index in [1.54, 1.807) is 0 Å². The number of carbonyl (C=O) groups excluding carboxylic acids is 1. The van der Waals surface area contributed by atoms with E-state index < -0.39 is 17.2 Å². The zero-order valence-corrected chi connectivity index (χ0v) is 11.4. The van der Waals surface area contributed by atoms with E-state index >= 15 is 0 Å². The Morgan fingerprint density at radius 2 is 1.74 bits per heavy atom. The smallest absolute Gasteiger partial charge is 0.183 e. The van der Waals surface area contributed by atoms with E-state index in [0.29, 0.717) is 0 Å². The molecule has 0 atom stereocenters. The Kier molecular flexibility index (Phi) is 3.99. The quantitative estimate of drug-likeness (QED) is 0.782. The second kappa shape index (κ2) is 5.37. The lowest BCUT2D eigenvalue weighted by atomic mass is 9.75. The van der Waals surface area contributed by atoms with Crippen LogP contribution in [0.3, 0.4) is 0 Å². The van der Waals surface area contributed by atoms with E-state index in [4.69, 9.17) is 0 Å². The number of ketones is 1. The second-order valence-corrected chi connectivity index (χ2v) is 5.44. The van der Waals surface area contributed by atoms with E-state index in [-0.39, 0.29) is 11.3 Å². The van der Waals surface area contributed by atoms with Gasteiger partial charge >= 0.3 is 0 Å². The highest BCUT2D eigenvalue weighted by molar-refractivity contribution is 6.03. The Hall–Kier alpha value is -1.29. The van der Waals surface area contributed by atoms with Crippen molar-refractivity contribution in [3.63, 3.8) is 0 Å². The van der Waals surface area contributed by atoms with Gasteiger partial charge in [0.2, 0.25) is 0 Å². The zero-order valence-electron chi connectivity index (χ0n) is 11.4. The van der Waals surface area contributed by atoms with Crippen molar-refractivity contribution in [2.75, 3.05) is 14.1 Å². The van der Waals surface area contributed by atoms with Crippen LogP contribution in [0.2, 0.25) is 0 Å². The standard InChI is InChI=1S/C15H19F2NO/c1-18(2)15(8-4-3-5-9-15)14(19)11-6-7-12(16)13(17)10-11/h6-7,10H,3-5,8-9H2,1-2H3. The first-order chi connectivity index (χ1) is 8.97. The molecule has 1 aliphatic carbocycles. The highest BCUT2D eigenvalue weighted by atomic mass is 19.2. The van der Waals surface area contributed by atoms with Crippen molar-refractivity contribution in [1.29, 1.82) is 0 Å². The highest BCUT2D eigenvalue weighted by Crippen LogP contribution is 2.35. The van der Waals surface area contributed by atoms with Crippen molar-refractivity contribution < 1.29 is 13.6 Å². The third kappa shape index (κ3) is 2.54. The fourth-order valence-electron chi connectivity index (χ4n) is 2.92. The Morgan fingerprint density at radius 3 is 2.26 bits per heavy atom. The summed E-state index contributed by atoms with van der Waals surface area (Å²) in [5, 5.41) is 0. The molecule has 1 aliphatic rings. The van der Waals surface area contributed by atoms with Crippen LogP contribution in [-0.2, 0) is 0 Å². The predicted molar refractivity (Wildman–Crippen MR) is 70.2 cm³/mol. The molecule has 1 aromatic carbocycles. The SMILES string of the molecule is CN(C)C1(C(=O)c2ccc(F)c(F)c2)CCCCC1. The first-order valence-corrected chi connectivity index (χ1v) is 6.65. The molecule has 0 heterocycles. The second-order valence-electron chi connectivity index (χ2n) is 5.44. The van der Waals surface area contributed by atoms with Crippen LogP contribution in [0.25, 0.3) is 0 Å². The maximum atomic E-state index is 13.3. The Bertz CT molecular complexity index is 479. The van der Waals surface area contributed by atoms with Gasteiger partial charge in [-0.05, 0) is 45.1 Å². The number of hydrogen-bond donors (Lipinski definition) is 0. The molecule has 1 saturated carbocycles. The summed E-state index contributed by atoms with van der Waals surface area (Å²) in [6.07, 6.45) is 4.66. The number of rotatable bonds is 3. The Labute approximate surface area is 112 Å². The largest absolute Gasteiger partial charge is 0.297 e. The van der Waals surface area contributed by atoms with Gasteiger partial charge < -0.3 is 0 Å². The number of carbonyl (C=O) groups is 1. The van der Waals surface area contributed by atoms with Crippen LogP contribution in [0.15, 0.2) is 18.2 Å². The molecule has 0 aromatic heterocycles. The van der Waals surface area contributed by atoms with Gasteiger partial charge in [0.25, 0.3) is 0 Å². The van der Waals surface area contributed by atoms with E-state index in [1.165, 1.54) is 6.07 Å². The number of hydrogen-bond acceptors (Lipinski definition) is 2. The minimum atomic E-state index is -0.962. The molecular formula is C15H19F2NO. The molecule has 1 fully saturated rings. The van der Waals surface area contributed by atoms with Crippen molar-refractivity contribution in [3.8, 4) is 0 Å². The molecule has 104 valence electrons. The van der Waals surface area contributed by atoms with E-state index in [2.05, 4.69) is 0 Å². The molecule has 0 amide bonds. The molecular weight excluding hydrogens is 248 g/mol. The molecule has 0 aliphatic heterocycles. The molecule has 0 N–H and O–H groups in total. The van der Waals surface area contributed by atoms with E-state index in [0.717, 1.165) is 44.2 Å². The van der Waals surface area contributed by atoms with E-state index in [9.17, 15) is 13.6 Å². The molecule has 0 radical (unpaired) electrons. The minimum Gasteiger partial charge on any atom is -0.297 e. The third-order valence-corrected chi connectivity index (χ3v) is 4.14. The monoisotopic (exact) mass is 267 g/mol. The Balaban J connectivity index is 2.36. The van der Waals surface area contributed by atoms with Crippen molar-refractivity contribution in [2.24, 2.45) is 0 Å². The summed E-state index contributed by atoms with van der Waals surface area (Å²) in [5.41, 5.74) is -0.308. The van der Waals surface area contributed by atoms with Gasteiger partial charge in [0, 0.05) is 5.56 Å². The number of halogens is 2. The van der Waals surface area contributed by atoms with Crippen LogP contribution in [0, 0.1) is 11.6 Å². The van der Waals surface area contributed by atoms with E-state index in [1.807, 2.05) is 19.0 Å². The van der Waals surface area contributed by atoms with Crippen molar-refractivity contribution >= 4 is 5.78 Å². The van der Waals surface area contributed by atoms with Crippen LogP contribution in [0.5, 0.6) is 0 Å². The average molecular weight is 267 g/mol. The van der Waals surface area contributed by atoms with Crippen LogP contribution in [-0.4, -0.2) is 30.3 Å². The van der Waals surface area contributed by atoms with Crippen LogP contribution < -0.4 is 0 Å². The van der Waals surface area contributed by atoms with Crippen molar-refractivity contribution in [2.45, 2.75) is 37.6 Å². The number of benzene rings is 1. The summed E-state index contributed by atoms with van der Waals surface area (Å²) < 4.78 is 26.3. The summed E-state index contributed by atoms with van der Waals surface area (Å²) in [7, 11) is 3.76. The summed E-state index contributed by atoms with van der Waals surface area (Å²) in [4.78, 5) is 14.6. The average Bonchev–Trinajstić information content (AvgIpc) is 2.41. The molecule has 2 rings (SSSR count). The molecule has 1 aromatic rings. The number of nitrogens with zero attached hydrogens (tertiary/aromatic N) is 1. The van der Waals surface area contributed by atoms with Gasteiger partial charge in [-0.3, -0.25) is 9.69 Å². The molecule has 0 unspecified atom stereocenters. The lowest BCUT2D eigenvalue weighted by Crippen LogP contribution is -2.52. The normalized spacial score (nSPS) is 18.6. The van der Waals surface area contributed by atoms with Gasteiger partial charge in [0.1, 0.15) is 0 Å². The lowest BCUT2D eigenvalue weighted by molar-refractivity contribution is 0.0563. The maximum absolute atomic E-state index is 13.3. The summed E-state index contributed by atoms with van der Waals surface area (Å²) in [5.74, 6) is -1.98. The van der Waals surface area contributed by atoms with Crippen LogP contribution in [0.1, 0.15) is 42.5 Å². The fourth-order valence-corrected chi connectivity index (χ4v) is 2.92. The predicted octanol–water partition coefficient (Wildman–Crippen LogP) is 3.41. The summed E-state index contributed by atoms with van der Waals surface area (Å²) >= 11 is 0. The highest BCUT2D eigenvalue weighted by Gasteiger charge is 2.41. The van der Waals surface area contributed by atoms with Gasteiger partial charge in [0.15, 0.2) is 17.4 Å². The number of likely N-dealkylation sites (N-methyl/N-ethyl adjacent to an activating group) is 1. The first-order valence-electron chi connectivity index (χ1n) is 6.65. The summed E-state index contributed by atoms with van der Waals surface area (Å²) in [6, 6.07) is 3.41. The topological polar surface area (TPSA) is 20.3 Å². The van der Waals surface area contributed by atoms with Gasteiger partial charge in [0.05, 0.1) is 5.54 Å². The molecule has 2 nitrogen and oxygen atoms in total. The third-order valence-electron chi connectivity index (χ3n) is 4.14. The fraction of sp³-hybridized carbons (Fsp3) is 0.533. The Morgan fingerprint density at radius 1 is 1.11 bits per heavy atom. The van der Waals surface area contributed by atoms with Gasteiger partial charge in [-0.25, -0.2) is 8.78 Å². The molecule has 0 bridgehead atoms. The molecule has 4 heteroatoms. The van der Waals surface area contributed by atoms with Crippen LogP contribution in [0.4, 0.5) is 8.78 Å². The maximum Gasteiger partial charge on any atom is 0.183 e. The summed E-state index contributed by atoms with van der Waals surface area (Å²) in [6.45, 7) is 0. The van der Waals surface area contributed by atoms with Crippen molar-refractivity contribution in [3.05, 3.63) is 35.4 Å². The van der Waals surface area contributed by atoms with Crippen molar-refractivity contribution in [1.82, 2.24) is 4.90 Å². The minimum absolute atomic E-state index is 0.101. The number of Topliss-reactive ketones (excluding diaryl/α,β-unsaturated/α-hetero) is 1. The molecule has 0 saturated heterocycles.